The van der Waals surface area contributed by atoms with Gasteiger partial charge in [0.05, 0.1) is 12.2 Å². The Morgan fingerprint density at radius 3 is 2.81 bits per heavy atom. The highest BCUT2D eigenvalue weighted by atomic mass is 35.5. The molecule has 108 valence electrons. The standard InChI is InChI=1S/C17H17ClN2O/c1-12-6-7-14(10-16(12)18)8-9-17(21)19-11-15-5-3-4-13(2)20-15/h3-10H,11H2,1-2H3,(H,19,21)/b9-8+. The summed E-state index contributed by atoms with van der Waals surface area (Å²) in [7, 11) is 0. The molecule has 21 heavy (non-hydrogen) atoms. The summed E-state index contributed by atoms with van der Waals surface area (Å²) in [6, 6.07) is 11.4. The Kier molecular flexibility index (Phi) is 5.12. The van der Waals surface area contributed by atoms with Gasteiger partial charge in [-0.2, -0.15) is 0 Å². The number of aryl methyl sites for hydroxylation is 2. The van der Waals surface area contributed by atoms with E-state index in [0.29, 0.717) is 11.6 Å². The van der Waals surface area contributed by atoms with Gasteiger partial charge in [0.25, 0.3) is 0 Å². The molecule has 0 spiro atoms. The van der Waals surface area contributed by atoms with Crippen molar-refractivity contribution >= 4 is 23.6 Å². The van der Waals surface area contributed by atoms with Crippen LogP contribution in [0.5, 0.6) is 0 Å². The largest absolute Gasteiger partial charge is 0.347 e. The summed E-state index contributed by atoms with van der Waals surface area (Å²) in [6.45, 7) is 4.28. The van der Waals surface area contributed by atoms with Crippen molar-refractivity contribution < 1.29 is 4.79 Å². The summed E-state index contributed by atoms with van der Waals surface area (Å²) in [4.78, 5) is 16.1. The highest BCUT2D eigenvalue weighted by Crippen LogP contribution is 2.17. The van der Waals surface area contributed by atoms with E-state index in [1.165, 1.54) is 6.08 Å². The molecule has 0 fully saturated rings. The molecular weight excluding hydrogens is 284 g/mol. The number of nitrogens with zero attached hydrogens (tertiary/aromatic N) is 1. The van der Waals surface area contributed by atoms with Crippen LogP contribution in [0.15, 0.2) is 42.5 Å². The predicted molar refractivity (Wildman–Crippen MR) is 86.0 cm³/mol. The van der Waals surface area contributed by atoms with Crippen molar-refractivity contribution in [1.82, 2.24) is 10.3 Å². The van der Waals surface area contributed by atoms with Crippen LogP contribution in [0.4, 0.5) is 0 Å². The summed E-state index contributed by atoms with van der Waals surface area (Å²) in [5, 5.41) is 3.50. The van der Waals surface area contributed by atoms with Crippen LogP contribution in [0, 0.1) is 13.8 Å². The molecule has 0 aliphatic rings. The zero-order valence-electron chi connectivity index (χ0n) is 12.1. The van der Waals surface area contributed by atoms with Crippen LogP contribution in [0.1, 0.15) is 22.5 Å². The Labute approximate surface area is 129 Å². The van der Waals surface area contributed by atoms with Crippen LogP contribution in [-0.4, -0.2) is 10.9 Å². The highest BCUT2D eigenvalue weighted by Gasteiger charge is 1.99. The first-order valence-corrected chi connectivity index (χ1v) is 7.07. The topological polar surface area (TPSA) is 42.0 Å². The maximum atomic E-state index is 11.8. The number of carbonyl (C=O) groups is 1. The van der Waals surface area contributed by atoms with Crippen molar-refractivity contribution in [3.63, 3.8) is 0 Å². The third-order valence-electron chi connectivity index (χ3n) is 3.01. The van der Waals surface area contributed by atoms with Crippen molar-refractivity contribution in [1.29, 1.82) is 0 Å². The molecule has 0 unspecified atom stereocenters. The second-order valence-electron chi connectivity index (χ2n) is 4.83. The molecule has 2 aromatic rings. The molecule has 0 radical (unpaired) electrons. The van der Waals surface area contributed by atoms with E-state index >= 15 is 0 Å². The number of hydrogen-bond donors (Lipinski definition) is 1. The maximum absolute atomic E-state index is 11.8. The molecule has 4 heteroatoms. The van der Waals surface area contributed by atoms with Gasteiger partial charge in [0.2, 0.25) is 5.91 Å². The first kappa shape index (κ1) is 15.3. The Morgan fingerprint density at radius 1 is 1.29 bits per heavy atom. The Morgan fingerprint density at radius 2 is 2.10 bits per heavy atom. The highest BCUT2D eigenvalue weighted by molar-refractivity contribution is 6.31. The van der Waals surface area contributed by atoms with E-state index in [2.05, 4.69) is 10.3 Å². The van der Waals surface area contributed by atoms with E-state index in [9.17, 15) is 4.79 Å². The van der Waals surface area contributed by atoms with Gasteiger partial charge in [-0.05, 0) is 49.2 Å². The number of halogens is 1. The minimum absolute atomic E-state index is 0.157. The van der Waals surface area contributed by atoms with E-state index in [-0.39, 0.29) is 5.91 Å². The smallest absolute Gasteiger partial charge is 0.244 e. The summed E-state index contributed by atoms with van der Waals surface area (Å²) < 4.78 is 0. The summed E-state index contributed by atoms with van der Waals surface area (Å²) in [6.07, 6.45) is 3.24. The minimum atomic E-state index is -0.157. The number of benzene rings is 1. The number of hydrogen-bond acceptors (Lipinski definition) is 2. The number of carbonyl (C=O) groups excluding carboxylic acids is 1. The number of nitrogens with one attached hydrogen (secondary N) is 1. The lowest BCUT2D eigenvalue weighted by atomic mass is 10.1. The van der Waals surface area contributed by atoms with Crippen LogP contribution in [-0.2, 0) is 11.3 Å². The van der Waals surface area contributed by atoms with E-state index in [1.54, 1.807) is 6.08 Å². The number of pyridine rings is 1. The molecule has 0 aliphatic heterocycles. The normalized spacial score (nSPS) is 10.8. The second kappa shape index (κ2) is 7.04. The third kappa shape index (κ3) is 4.72. The molecule has 1 heterocycles. The van der Waals surface area contributed by atoms with Crippen molar-refractivity contribution in [2.75, 3.05) is 0 Å². The molecule has 0 bridgehead atoms. The van der Waals surface area contributed by atoms with E-state index in [4.69, 9.17) is 11.6 Å². The van der Waals surface area contributed by atoms with Gasteiger partial charge in [-0.1, -0.05) is 29.8 Å². The maximum Gasteiger partial charge on any atom is 0.244 e. The van der Waals surface area contributed by atoms with Crippen LogP contribution < -0.4 is 5.32 Å². The van der Waals surface area contributed by atoms with Gasteiger partial charge in [-0.3, -0.25) is 9.78 Å². The minimum Gasteiger partial charge on any atom is -0.347 e. The van der Waals surface area contributed by atoms with Crippen LogP contribution >= 0.6 is 11.6 Å². The second-order valence-corrected chi connectivity index (χ2v) is 5.24. The molecule has 1 aromatic carbocycles. The van der Waals surface area contributed by atoms with Crippen LogP contribution in [0.25, 0.3) is 6.08 Å². The molecule has 1 amide bonds. The fourth-order valence-corrected chi connectivity index (χ4v) is 2.01. The van der Waals surface area contributed by atoms with Gasteiger partial charge in [0, 0.05) is 16.8 Å². The molecule has 0 saturated carbocycles. The quantitative estimate of drug-likeness (QED) is 0.875. The zero-order chi connectivity index (χ0) is 15.2. The summed E-state index contributed by atoms with van der Waals surface area (Å²) in [5.41, 5.74) is 3.69. The Bertz CT molecular complexity index is 680. The van der Waals surface area contributed by atoms with Crippen molar-refractivity contribution in [3.8, 4) is 0 Å². The SMILES string of the molecule is Cc1cccc(CNC(=O)/C=C/c2ccc(C)c(Cl)c2)n1. The average Bonchev–Trinajstić information content (AvgIpc) is 2.46. The van der Waals surface area contributed by atoms with Crippen molar-refractivity contribution in [2.24, 2.45) is 0 Å². The van der Waals surface area contributed by atoms with Gasteiger partial charge < -0.3 is 5.32 Å². The Hall–Kier alpha value is -2.13. The molecule has 0 atom stereocenters. The van der Waals surface area contributed by atoms with E-state index in [0.717, 1.165) is 22.5 Å². The monoisotopic (exact) mass is 300 g/mol. The molecule has 0 saturated heterocycles. The molecule has 1 aromatic heterocycles. The van der Waals surface area contributed by atoms with Crippen LogP contribution in [0.3, 0.4) is 0 Å². The van der Waals surface area contributed by atoms with Gasteiger partial charge in [0.1, 0.15) is 0 Å². The van der Waals surface area contributed by atoms with Gasteiger partial charge >= 0.3 is 0 Å². The van der Waals surface area contributed by atoms with Gasteiger partial charge in [0.15, 0.2) is 0 Å². The average molecular weight is 301 g/mol. The fourth-order valence-electron chi connectivity index (χ4n) is 1.82. The van der Waals surface area contributed by atoms with Gasteiger partial charge in [-0.15, -0.1) is 0 Å². The Balaban J connectivity index is 1.92. The van der Waals surface area contributed by atoms with Gasteiger partial charge in [-0.25, -0.2) is 0 Å². The molecule has 0 aliphatic carbocycles. The van der Waals surface area contributed by atoms with E-state index in [1.807, 2.05) is 50.2 Å². The molecule has 2 rings (SSSR count). The van der Waals surface area contributed by atoms with E-state index < -0.39 is 0 Å². The lowest BCUT2D eigenvalue weighted by molar-refractivity contribution is -0.116. The van der Waals surface area contributed by atoms with Crippen molar-refractivity contribution in [2.45, 2.75) is 20.4 Å². The first-order chi connectivity index (χ1) is 10.0. The lowest BCUT2D eigenvalue weighted by Gasteiger charge is -2.03. The third-order valence-corrected chi connectivity index (χ3v) is 3.42. The van der Waals surface area contributed by atoms with Crippen LogP contribution in [0.2, 0.25) is 5.02 Å². The number of amides is 1. The number of rotatable bonds is 4. The molecule has 1 N–H and O–H groups in total. The number of aromatic nitrogens is 1. The first-order valence-electron chi connectivity index (χ1n) is 6.69. The summed E-state index contributed by atoms with van der Waals surface area (Å²) in [5.74, 6) is -0.157. The summed E-state index contributed by atoms with van der Waals surface area (Å²) >= 11 is 6.04. The molecular formula is C17H17ClN2O. The fraction of sp³-hybridized carbons (Fsp3) is 0.176. The lowest BCUT2D eigenvalue weighted by Crippen LogP contribution is -2.20. The van der Waals surface area contributed by atoms with Crippen molar-refractivity contribution in [3.05, 3.63) is 70.0 Å². The molecule has 3 nitrogen and oxygen atoms in total. The zero-order valence-corrected chi connectivity index (χ0v) is 12.8. The predicted octanol–water partition coefficient (Wildman–Crippen LogP) is 3.68.